The van der Waals surface area contributed by atoms with Crippen molar-refractivity contribution in [1.82, 2.24) is 0 Å². The number of rotatable bonds is 6. The maximum absolute atomic E-state index is 3.47. The van der Waals surface area contributed by atoms with Gasteiger partial charge in [-0.05, 0) is 31.1 Å². The van der Waals surface area contributed by atoms with E-state index in [2.05, 4.69) is 45.7 Å². The van der Waals surface area contributed by atoms with E-state index in [4.69, 9.17) is 0 Å². The summed E-state index contributed by atoms with van der Waals surface area (Å²) in [5.74, 6) is 1.76. The van der Waals surface area contributed by atoms with Crippen molar-refractivity contribution in [3.63, 3.8) is 0 Å². The SMILES string of the molecule is CC(CCBr)CC(C)CCBr. The molecule has 2 atom stereocenters. The fourth-order valence-electron chi connectivity index (χ4n) is 1.30. The summed E-state index contributed by atoms with van der Waals surface area (Å²) < 4.78 is 0. The second-order valence-electron chi connectivity index (χ2n) is 3.40. The van der Waals surface area contributed by atoms with Gasteiger partial charge < -0.3 is 0 Å². The van der Waals surface area contributed by atoms with E-state index in [9.17, 15) is 0 Å². The first-order chi connectivity index (χ1) is 5.20. The van der Waals surface area contributed by atoms with Gasteiger partial charge in [0.2, 0.25) is 0 Å². The van der Waals surface area contributed by atoms with Gasteiger partial charge in [-0.2, -0.15) is 0 Å². The van der Waals surface area contributed by atoms with Gasteiger partial charge in [0, 0.05) is 10.7 Å². The van der Waals surface area contributed by atoms with Gasteiger partial charge in [-0.1, -0.05) is 45.7 Å². The van der Waals surface area contributed by atoms with Crippen molar-refractivity contribution in [3.05, 3.63) is 0 Å². The first kappa shape index (κ1) is 12.0. The zero-order chi connectivity index (χ0) is 8.69. The minimum Gasteiger partial charge on any atom is -0.0928 e. The molecule has 0 aromatic rings. The summed E-state index contributed by atoms with van der Waals surface area (Å²) >= 11 is 6.94. The first-order valence-electron chi connectivity index (χ1n) is 4.32. The lowest BCUT2D eigenvalue weighted by atomic mass is 9.94. The fraction of sp³-hybridized carbons (Fsp3) is 1.00. The van der Waals surface area contributed by atoms with Crippen LogP contribution in [0.1, 0.15) is 33.1 Å². The summed E-state index contributed by atoms with van der Waals surface area (Å²) in [5.41, 5.74) is 0. The monoisotopic (exact) mass is 284 g/mol. The minimum atomic E-state index is 0.878. The van der Waals surface area contributed by atoms with Crippen LogP contribution in [0.25, 0.3) is 0 Å². The van der Waals surface area contributed by atoms with E-state index in [1.54, 1.807) is 0 Å². The zero-order valence-corrected chi connectivity index (χ0v) is 10.6. The largest absolute Gasteiger partial charge is 0.0928 e. The van der Waals surface area contributed by atoms with E-state index in [0.29, 0.717) is 0 Å². The molecule has 0 aliphatic rings. The second kappa shape index (κ2) is 7.60. The summed E-state index contributed by atoms with van der Waals surface area (Å²) in [7, 11) is 0. The third-order valence-corrected chi connectivity index (χ3v) is 2.92. The normalized spacial score (nSPS) is 16.4. The van der Waals surface area contributed by atoms with Crippen LogP contribution in [0.5, 0.6) is 0 Å². The first-order valence-corrected chi connectivity index (χ1v) is 6.57. The van der Waals surface area contributed by atoms with Crippen molar-refractivity contribution in [2.45, 2.75) is 33.1 Å². The van der Waals surface area contributed by atoms with E-state index >= 15 is 0 Å². The zero-order valence-electron chi connectivity index (χ0n) is 7.45. The molecule has 2 unspecified atom stereocenters. The van der Waals surface area contributed by atoms with Crippen LogP contribution in [-0.4, -0.2) is 10.7 Å². The molecule has 2 heteroatoms. The average Bonchev–Trinajstić information content (AvgIpc) is 1.87. The van der Waals surface area contributed by atoms with Crippen LogP contribution in [0.3, 0.4) is 0 Å². The van der Waals surface area contributed by atoms with Crippen molar-refractivity contribution in [3.8, 4) is 0 Å². The lowest BCUT2D eigenvalue weighted by molar-refractivity contribution is 0.402. The minimum absolute atomic E-state index is 0.878. The Balaban J connectivity index is 3.32. The lowest BCUT2D eigenvalue weighted by Crippen LogP contribution is -2.04. The standard InChI is InChI=1S/C9H18Br2/c1-8(3-5-10)7-9(2)4-6-11/h8-9H,3-7H2,1-2H3. The molecule has 0 N–H and O–H groups in total. The average molecular weight is 286 g/mol. The third-order valence-electron chi connectivity index (χ3n) is 2.01. The van der Waals surface area contributed by atoms with E-state index in [-0.39, 0.29) is 0 Å². The van der Waals surface area contributed by atoms with Gasteiger partial charge in [-0.15, -0.1) is 0 Å². The molecule has 0 fully saturated rings. The number of alkyl halides is 2. The number of halogens is 2. The molecule has 0 aliphatic carbocycles. The molecule has 0 saturated carbocycles. The van der Waals surface area contributed by atoms with E-state index in [1.807, 2.05) is 0 Å². The number of hydrogen-bond donors (Lipinski definition) is 0. The van der Waals surface area contributed by atoms with Gasteiger partial charge in [0.1, 0.15) is 0 Å². The Morgan fingerprint density at radius 2 is 1.27 bits per heavy atom. The maximum Gasteiger partial charge on any atom is 0.00338 e. The molecule has 0 nitrogen and oxygen atoms in total. The Morgan fingerprint density at radius 3 is 1.55 bits per heavy atom. The molecule has 11 heavy (non-hydrogen) atoms. The Kier molecular flexibility index (Phi) is 8.26. The molecule has 0 aromatic carbocycles. The highest BCUT2D eigenvalue weighted by molar-refractivity contribution is 9.09. The van der Waals surface area contributed by atoms with Crippen LogP contribution in [0.4, 0.5) is 0 Å². The van der Waals surface area contributed by atoms with Gasteiger partial charge in [0.25, 0.3) is 0 Å². The van der Waals surface area contributed by atoms with Crippen LogP contribution < -0.4 is 0 Å². The molecule has 0 spiro atoms. The topological polar surface area (TPSA) is 0 Å². The van der Waals surface area contributed by atoms with Crippen LogP contribution in [0.15, 0.2) is 0 Å². The Labute approximate surface area is 87.4 Å². The molecule has 0 saturated heterocycles. The molecule has 0 bridgehead atoms. The highest BCUT2D eigenvalue weighted by Crippen LogP contribution is 2.18. The highest BCUT2D eigenvalue weighted by Gasteiger charge is 2.06. The fourth-order valence-corrected chi connectivity index (χ4v) is 2.86. The smallest absolute Gasteiger partial charge is 0.00338 e. The molecule has 0 amide bonds. The van der Waals surface area contributed by atoms with Gasteiger partial charge in [-0.25, -0.2) is 0 Å². The molecule has 0 aromatic heterocycles. The predicted octanol–water partition coefficient (Wildman–Crippen LogP) is 4.22. The van der Waals surface area contributed by atoms with Gasteiger partial charge >= 0.3 is 0 Å². The molecule has 68 valence electrons. The molecular formula is C9H18Br2. The van der Waals surface area contributed by atoms with Crippen molar-refractivity contribution >= 4 is 31.9 Å². The van der Waals surface area contributed by atoms with Crippen molar-refractivity contribution < 1.29 is 0 Å². The maximum atomic E-state index is 3.47. The predicted molar refractivity (Wildman–Crippen MR) is 59.8 cm³/mol. The Bertz CT molecular complexity index is 73.6. The Morgan fingerprint density at radius 1 is 0.909 bits per heavy atom. The highest BCUT2D eigenvalue weighted by atomic mass is 79.9. The van der Waals surface area contributed by atoms with Gasteiger partial charge in [-0.3, -0.25) is 0 Å². The van der Waals surface area contributed by atoms with Gasteiger partial charge in [0.05, 0.1) is 0 Å². The van der Waals surface area contributed by atoms with Crippen LogP contribution in [-0.2, 0) is 0 Å². The molecular weight excluding hydrogens is 268 g/mol. The van der Waals surface area contributed by atoms with Gasteiger partial charge in [0.15, 0.2) is 0 Å². The van der Waals surface area contributed by atoms with Crippen LogP contribution in [0.2, 0.25) is 0 Å². The lowest BCUT2D eigenvalue weighted by Gasteiger charge is -2.14. The van der Waals surface area contributed by atoms with Crippen LogP contribution >= 0.6 is 31.9 Å². The summed E-state index contributed by atoms with van der Waals surface area (Å²) in [4.78, 5) is 0. The summed E-state index contributed by atoms with van der Waals surface area (Å²) in [5, 5.41) is 2.30. The van der Waals surface area contributed by atoms with Crippen molar-refractivity contribution in [2.75, 3.05) is 10.7 Å². The molecule has 0 radical (unpaired) electrons. The summed E-state index contributed by atoms with van der Waals surface area (Å²) in [6.07, 6.45) is 4.00. The molecule has 0 rings (SSSR count). The molecule has 0 heterocycles. The third kappa shape index (κ3) is 7.32. The van der Waals surface area contributed by atoms with E-state index in [0.717, 1.165) is 22.5 Å². The Hall–Kier alpha value is 0.960. The summed E-state index contributed by atoms with van der Waals surface area (Å²) in [6.45, 7) is 4.68. The van der Waals surface area contributed by atoms with Crippen molar-refractivity contribution in [2.24, 2.45) is 11.8 Å². The quantitative estimate of drug-likeness (QED) is 0.641. The van der Waals surface area contributed by atoms with Crippen LogP contribution in [0, 0.1) is 11.8 Å². The molecule has 0 aliphatic heterocycles. The van der Waals surface area contributed by atoms with E-state index in [1.165, 1.54) is 19.3 Å². The summed E-state index contributed by atoms with van der Waals surface area (Å²) in [6, 6.07) is 0. The van der Waals surface area contributed by atoms with E-state index < -0.39 is 0 Å². The van der Waals surface area contributed by atoms with Crippen molar-refractivity contribution in [1.29, 1.82) is 0 Å². The second-order valence-corrected chi connectivity index (χ2v) is 4.99. The number of hydrogen-bond acceptors (Lipinski definition) is 0.